The van der Waals surface area contributed by atoms with E-state index in [1.54, 1.807) is 36.6 Å². The van der Waals surface area contributed by atoms with E-state index in [1.165, 1.54) is 44.2 Å². The Morgan fingerprint density at radius 3 is 2.46 bits per heavy atom. The van der Waals surface area contributed by atoms with Gasteiger partial charge in [0.1, 0.15) is 24.5 Å². The molecule has 1 amide bonds. The molecule has 4 rings (SSSR count). The number of carbonyl (C=O) groups is 1. The zero-order valence-electron chi connectivity index (χ0n) is 20.4. The predicted molar refractivity (Wildman–Crippen MR) is 131 cm³/mol. The number of aromatic nitrogens is 3. The van der Waals surface area contributed by atoms with E-state index in [2.05, 4.69) is 14.8 Å². The van der Waals surface area contributed by atoms with Crippen LogP contribution >= 0.6 is 0 Å². The summed E-state index contributed by atoms with van der Waals surface area (Å²) in [7, 11) is -3.60. The highest BCUT2D eigenvalue weighted by Crippen LogP contribution is 2.47. The van der Waals surface area contributed by atoms with E-state index in [9.17, 15) is 17.6 Å². The van der Waals surface area contributed by atoms with Crippen LogP contribution < -0.4 is 4.72 Å². The molecular weight excluding hydrogens is 469 g/mol. The highest BCUT2D eigenvalue weighted by Gasteiger charge is 2.44. The molecule has 192 valence electrons. The summed E-state index contributed by atoms with van der Waals surface area (Å²) in [6, 6.07) is 4.93. The lowest BCUT2D eigenvalue weighted by molar-refractivity contribution is -0.136. The van der Waals surface area contributed by atoms with E-state index < -0.39 is 16.1 Å². The van der Waals surface area contributed by atoms with Gasteiger partial charge in [0.15, 0.2) is 0 Å². The van der Waals surface area contributed by atoms with Gasteiger partial charge in [-0.15, -0.1) is 0 Å². The maximum atomic E-state index is 13.6. The molecule has 1 saturated heterocycles. The molecule has 1 atom stereocenters. The van der Waals surface area contributed by atoms with Crippen molar-refractivity contribution in [2.75, 3.05) is 18.8 Å². The summed E-state index contributed by atoms with van der Waals surface area (Å²) < 4.78 is 42.6. The Morgan fingerprint density at radius 1 is 1.17 bits per heavy atom. The van der Waals surface area contributed by atoms with E-state index in [4.69, 9.17) is 0 Å². The van der Waals surface area contributed by atoms with Crippen molar-refractivity contribution in [3.05, 3.63) is 48.3 Å². The van der Waals surface area contributed by atoms with E-state index in [1.807, 2.05) is 4.68 Å². The number of sulfonamides is 1. The lowest BCUT2D eigenvalue weighted by atomic mass is 9.63. The molecule has 10 heteroatoms. The average molecular weight is 506 g/mol. The van der Waals surface area contributed by atoms with Crippen molar-refractivity contribution < 1.29 is 17.6 Å². The maximum Gasteiger partial charge on any atom is 0.241 e. The summed E-state index contributed by atoms with van der Waals surface area (Å²) in [6.45, 7) is 3.50. The number of piperidine rings is 1. The number of amides is 1. The molecule has 2 aromatic rings. The Morgan fingerprint density at radius 2 is 1.86 bits per heavy atom. The molecule has 8 nitrogen and oxygen atoms in total. The zero-order valence-corrected chi connectivity index (χ0v) is 21.2. The normalized spacial score (nSPS) is 20.0. The van der Waals surface area contributed by atoms with Crippen LogP contribution in [-0.2, 0) is 27.8 Å². The van der Waals surface area contributed by atoms with Crippen molar-refractivity contribution in [1.82, 2.24) is 24.4 Å². The lowest BCUT2D eigenvalue weighted by Gasteiger charge is -2.48. The number of nitrogens with one attached hydrogen (secondary N) is 1. The average Bonchev–Trinajstić information content (AvgIpc) is 3.38. The van der Waals surface area contributed by atoms with E-state index >= 15 is 0 Å². The minimum atomic E-state index is -3.60. The third kappa shape index (κ3) is 6.46. The monoisotopic (exact) mass is 505 g/mol. The number of hydrogen-bond donors (Lipinski definition) is 1. The van der Waals surface area contributed by atoms with Crippen LogP contribution in [0.5, 0.6) is 0 Å². The fraction of sp³-hybridized carbons (Fsp3) is 0.640. The zero-order chi connectivity index (χ0) is 24.9. The summed E-state index contributed by atoms with van der Waals surface area (Å²) in [4.78, 5) is 19.5. The smallest absolute Gasteiger partial charge is 0.241 e. The summed E-state index contributed by atoms with van der Waals surface area (Å²) in [5, 5.41) is 4.36. The van der Waals surface area contributed by atoms with Gasteiger partial charge in [-0.05, 0) is 68.1 Å². The largest absolute Gasteiger partial charge is 0.341 e. The minimum Gasteiger partial charge on any atom is -0.341 e. The molecule has 1 N–H and O–H groups in total. The third-order valence-electron chi connectivity index (χ3n) is 7.84. The predicted octanol–water partition coefficient (Wildman–Crippen LogP) is 3.16. The van der Waals surface area contributed by atoms with Crippen molar-refractivity contribution >= 4 is 15.9 Å². The molecule has 1 saturated carbocycles. The second kappa shape index (κ2) is 11.2. The first-order valence-corrected chi connectivity index (χ1v) is 14.3. The second-order valence-corrected chi connectivity index (χ2v) is 12.1. The van der Waals surface area contributed by atoms with Gasteiger partial charge in [0.25, 0.3) is 0 Å². The van der Waals surface area contributed by atoms with Crippen molar-refractivity contribution in [1.29, 1.82) is 0 Å². The molecule has 2 fully saturated rings. The fourth-order valence-corrected chi connectivity index (χ4v) is 6.56. The molecular formula is C25H36FN5O3S. The summed E-state index contributed by atoms with van der Waals surface area (Å²) >= 11 is 0. The van der Waals surface area contributed by atoms with Gasteiger partial charge in [0.2, 0.25) is 15.9 Å². The van der Waals surface area contributed by atoms with Crippen molar-refractivity contribution in [3.8, 4) is 0 Å². The standard InChI is InChI=1S/C25H36FN5O3S/c1-2-35(33,34)29-23(16-20-8-10-22(26)11-9-20)24(32)30-14-12-25(13-15-30,17-31-19-27-18-28-31)21-6-4-3-5-7-21/h8-11,18-19,21,23,29H,2-7,12-17H2,1H3/t23-/m0/s1. The van der Waals surface area contributed by atoms with Crippen molar-refractivity contribution in [2.24, 2.45) is 11.3 Å². The highest BCUT2D eigenvalue weighted by atomic mass is 32.2. The van der Waals surface area contributed by atoms with Gasteiger partial charge in [-0.25, -0.2) is 22.5 Å². The van der Waals surface area contributed by atoms with Gasteiger partial charge in [0, 0.05) is 19.6 Å². The first-order valence-electron chi connectivity index (χ1n) is 12.7. The molecule has 1 aliphatic carbocycles. The van der Waals surface area contributed by atoms with Gasteiger partial charge in [-0.2, -0.15) is 5.10 Å². The molecule has 35 heavy (non-hydrogen) atoms. The van der Waals surface area contributed by atoms with Gasteiger partial charge < -0.3 is 4.90 Å². The molecule has 0 spiro atoms. The van der Waals surface area contributed by atoms with Crippen molar-refractivity contribution in [3.63, 3.8) is 0 Å². The number of rotatable bonds is 9. The second-order valence-electron chi connectivity index (χ2n) is 10.0. The molecule has 1 aromatic carbocycles. The Bertz CT molecular complexity index is 1060. The molecule has 2 aliphatic rings. The summed E-state index contributed by atoms with van der Waals surface area (Å²) in [5.41, 5.74) is 0.767. The molecule has 1 aromatic heterocycles. The topological polar surface area (TPSA) is 97.2 Å². The van der Waals surface area contributed by atoms with Crippen LogP contribution in [-0.4, -0.2) is 58.9 Å². The highest BCUT2D eigenvalue weighted by molar-refractivity contribution is 7.89. The number of nitrogens with zero attached hydrogens (tertiary/aromatic N) is 4. The molecule has 0 bridgehead atoms. The van der Waals surface area contributed by atoms with Crippen LogP contribution in [0.4, 0.5) is 4.39 Å². The molecule has 2 heterocycles. The molecule has 0 radical (unpaired) electrons. The van der Waals surface area contributed by atoms with Gasteiger partial charge in [-0.1, -0.05) is 31.4 Å². The number of carbonyl (C=O) groups excluding carboxylic acids is 1. The van der Waals surface area contributed by atoms with Crippen LogP contribution in [0.1, 0.15) is 57.4 Å². The maximum absolute atomic E-state index is 13.6. The number of hydrogen-bond acceptors (Lipinski definition) is 5. The van der Waals surface area contributed by atoms with Crippen LogP contribution in [0.25, 0.3) is 0 Å². The van der Waals surface area contributed by atoms with Gasteiger partial charge in [-0.3, -0.25) is 9.48 Å². The van der Waals surface area contributed by atoms with Crippen LogP contribution in [0, 0.1) is 17.2 Å². The Balaban J connectivity index is 1.49. The quantitative estimate of drug-likeness (QED) is 0.565. The van der Waals surface area contributed by atoms with Gasteiger partial charge >= 0.3 is 0 Å². The Hall–Kier alpha value is -2.33. The molecule has 1 aliphatic heterocycles. The first kappa shape index (κ1) is 25.8. The number of halogens is 1. The molecule has 0 unspecified atom stereocenters. The Kier molecular flexibility index (Phi) is 8.21. The lowest BCUT2D eigenvalue weighted by Crippen LogP contribution is -2.54. The van der Waals surface area contributed by atoms with Crippen LogP contribution in [0.2, 0.25) is 0 Å². The van der Waals surface area contributed by atoms with Gasteiger partial charge in [0.05, 0.1) is 5.75 Å². The summed E-state index contributed by atoms with van der Waals surface area (Å²) in [6.07, 6.45) is 11.4. The Labute approximate surface area is 207 Å². The third-order valence-corrected chi connectivity index (χ3v) is 9.24. The fourth-order valence-electron chi connectivity index (χ4n) is 5.78. The van der Waals surface area contributed by atoms with Crippen LogP contribution in [0.15, 0.2) is 36.9 Å². The number of benzene rings is 1. The van der Waals surface area contributed by atoms with Crippen molar-refractivity contribution in [2.45, 2.75) is 70.9 Å². The van der Waals surface area contributed by atoms with Crippen LogP contribution in [0.3, 0.4) is 0 Å². The summed E-state index contributed by atoms with van der Waals surface area (Å²) in [5.74, 6) is -0.105. The van der Waals surface area contributed by atoms with E-state index in [0.717, 1.165) is 19.4 Å². The number of likely N-dealkylation sites (tertiary alicyclic amines) is 1. The minimum absolute atomic E-state index is 0.0558. The van der Waals surface area contributed by atoms with E-state index in [-0.39, 0.29) is 29.3 Å². The first-order chi connectivity index (χ1) is 16.8. The van der Waals surface area contributed by atoms with E-state index in [0.29, 0.717) is 24.6 Å². The SMILES string of the molecule is CCS(=O)(=O)N[C@@H](Cc1ccc(F)cc1)C(=O)N1CCC(Cn2cncn2)(C2CCCCC2)CC1.